The first-order valence-corrected chi connectivity index (χ1v) is 7.50. The third-order valence-corrected chi connectivity index (χ3v) is 3.09. The van der Waals surface area contributed by atoms with Crippen molar-refractivity contribution < 1.29 is 0 Å². The van der Waals surface area contributed by atoms with Gasteiger partial charge in [0.15, 0.2) is 0 Å². The van der Waals surface area contributed by atoms with Crippen LogP contribution in [0.25, 0.3) is 0 Å². The van der Waals surface area contributed by atoms with Gasteiger partial charge in [0.1, 0.15) is 0 Å². The highest BCUT2D eigenvalue weighted by Gasteiger charge is 1.96. The van der Waals surface area contributed by atoms with Crippen LogP contribution < -0.4 is 5.32 Å². The van der Waals surface area contributed by atoms with Crippen LogP contribution in [0.1, 0.15) is 53.4 Å². The van der Waals surface area contributed by atoms with E-state index in [1.807, 2.05) is 6.08 Å². The topological polar surface area (TPSA) is 12.0 Å². The van der Waals surface area contributed by atoms with Gasteiger partial charge < -0.3 is 5.32 Å². The normalized spacial score (nSPS) is 13.8. The molecule has 0 aromatic carbocycles. The molecule has 1 nitrogen and oxygen atoms in total. The largest absolute Gasteiger partial charge is 0.313 e. The molecule has 0 heterocycles. The molecule has 0 unspecified atom stereocenters. The van der Waals surface area contributed by atoms with Crippen LogP contribution in [0.15, 0.2) is 47.6 Å². The minimum absolute atomic E-state index is 0.993. The molecule has 0 fully saturated rings. The summed E-state index contributed by atoms with van der Waals surface area (Å²) in [5.41, 5.74) is 4.06. The van der Waals surface area contributed by atoms with Gasteiger partial charge in [-0.15, -0.1) is 0 Å². The lowest BCUT2D eigenvalue weighted by Gasteiger charge is -2.06. The van der Waals surface area contributed by atoms with E-state index >= 15 is 0 Å². The number of nitrogens with one attached hydrogen (secondary N) is 1. The van der Waals surface area contributed by atoms with Gasteiger partial charge in [-0.1, -0.05) is 56.7 Å². The molecule has 19 heavy (non-hydrogen) atoms. The average Bonchev–Trinajstić information content (AvgIpc) is 2.42. The van der Waals surface area contributed by atoms with Gasteiger partial charge in [-0.3, -0.25) is 0 Å². The first-order valence-electron chi connectivity index (χ1n) is 7.50. The van der Waals surface area contributed by atoms with E-state index in [0.29, 0.717) is 0 Å². The van der Waals surface area contributed by atoms with Crippen LogP contribution in [-0.2, 0) is 0 Å². The molecule has 0 aromatic rings. The third kappa shape index (κ3) is 9.49. The summed E-state index contributed by atoms with van der Waals surface area (Å²) in [7, 11) is 0. The molecule has 0 spiro atoms. The van der Waals surface area contributed by atoms with Crippen molar-refractivity contribution in [1.29, 1.82) is 0 Å². The molecule has 0 radical (unpaired) electrons. The Balaban J connectivity index is 4.49. The fraction of sp³-hybridized carbons (Fsp3) is 0.556. The molecule has 108 valence electrons. The van der Waals surface area contributed by atoms with E-state index < -0.39 is 0 Å². The van der Waals surface area contributed by atoms with Crippen molar-refractivity contribution in [3.63, 3.8) is 0 Å². The van der Waals surface area contributed by atoms with Crippen LogP contribution in [0.2, 0.25) is 0 Å². The minimum Gasteiger partial charge on any atom is -0.313 e. The molecule has 0 saturated carbocycles. The van der Waals surface area contributed by atoms with Gasteiger partial charge >= 0.3 is 0 Å². The van der Waals surface area contributed by atoms with E-state index in [4.69, 9.17) is 0 Å². The van der Waals surface area contributed by atoms with Gasteiger partial charge in [0.25, 0.3) is 0 Å². The van der Waals surface area contributed by atoms with Crippen molar-refractivity contribution in [3.05, 3.63) is 47.6 Å². The highest BCUT2D eigenvalue weighted by molar-refractivity contribution is 5.33. The molecular weight excluding hydrogens is 230 g/mol. The molecule has 0 atom stereocenters. The highest BCUT2D eigenvalue weighted by atomic mass is 14.8. The zero-order valence-electron chi connectivity index (χ0n) is 13.3. The predicted molar refractivity (Wildman–Crippen MR) is 88.5 cm³/mol. The van der Waals surface area contributed by atoms with Gasteiger partial charge in [-0.2, -0.15) is 0 Å². The molecule has 0 saturated heterocycles. The molecule has 0 aliphatic carbocycles. The monoisotopic (exact) mass is 261 g/mol. The van der Waals surface area contributed by atoms with Crippen molar-refractivity contribution in [3.8, 4) is 0 Å². The SMILES string of the molecule is C=C/C(C)=C(\C=C/CCC)C/C=C(\C)CNCCC. The van der Waals surface area contributed by atoms with Crippen molar-refractivity contribution >= 4 is 0 Å². The van der Waals surface area contributed by atoms with Crippen LogP contribution in [0, 0.1) is 0 Å². The standard InChI is InChI=1S/C18H31N/c1-6-9-10-11-18(17(5)8-3)13-12-16(4)15-19-14-7-2/h8,10-12,19H,3,6-7,9,13-15H2,1-2,4-5H3/b11-10-,16-12+,18-17+. The van der Waals surface area contributed by atoms with Crippen molar-refractivity contribution in [1.82, 2.24) is 5.32 Å². The van der Waals surface area contributed by atoms with Crippen LogP contribution in [0.4, 0.5) is 0 Å². The number of hydrogen-bond acceptors (Lipinski definition) is 1. The van der Waals surface area contributed by atoms with E-state index in [1.54, 1.807) is 0 Å². The molecule has 0 rings (SSSR count). The fourth-order valence-corrected chi connectivity index (χ4v) is 1.70. The van der Waals surface area contributed by atoms with E-state index in [9.17, 15) is 0 Å². The minimum atomic E-state index is 0.993. The van der Waals surface area contributed by atoms with E-state index in [0.717, 1.165) is 25.9 Å². The summed E-state index contributed by atoms with van der Waals surface area (Å²) in [5, 5.41) is 3.43. The van der Waals surface area contributed by atoms with Crippen molar-refractivity contribution in [2.45, 2.75) is 53.4 Å². The summed E-state index contributed by atoms with van der Waals surface area (Å²) < 4.78 is 0. The van der Waals surface area contributed by atoms with Gasteiger partial charge in [0.05, 0.1) is 0 Å². The number of unbranched alkanes of at least 4 members (excludes halogenated alkanes) is 1. The Bertz CT molecular complexity index is 332. The summed E-state index contributed by atoms with van der Waals surface area (Å²) in [6.07, 6.45) is 13.3. The lowest BCUT2D eigenvalue weighted by atomic mass is 10.0. The predicted octanol–water partition coefficient (Wildman–Crippen LogP) is 5.18. The number of rotatable bonds is 10. The Labute approximate surface area is 120 Å². The number of allylic oxidation sites excluding steroid dienone is 6. The van der Waals surface area contributed by atoms with Crippen LogP contribution in [0.3, 0.4) is 0 Å². The van der Waals surface area contributed by atoms with Gasteiger partial charge in [0, 0.05) is 6.54 Å². The number of hydrogen-bond donors (Lipinski definition) is 1. The second-order valence-corrected chi connectivity index (χ2v) is 5.03. The molecule has 1 N–H and O–H groups in total. The lowest BCUT2D eigenvalue weighted by molar-refractivity contribution is 0.712. The first kappa shape index (κ1) is 17.9. The van der Waals surface area contributed by atoms with Gasteiger partial charge in [-0.25, -0.2) is 0 Å². The summed E-state index contributed by atoms with van der Waals surface area (Å²) in [6.45, 7) is 14.7. The maximum atomic E-state index is 3.87. The molecule has 0 amide bonds. The zero-order valence-corrected chi connectivity index (χ0v) is 13.3. The Morgan fingerprint density at radius 3 is 2.47 bits per heavy atom. The summed E-state index contributed by atoms with van der Waals surface area (Å²) in [5.74, 6) is 0. The molecule has 0 bridgehead atoms. The Hall–Kier alpha value is -1.08. The maximum absolute atomic E-state index is 3.87. The maximum Gasteiger partial charge on any atom is 0.0161 e. The van der Waals surface area contributed by atoms with Gasteiger partial charge in [-0.05, 0) is 50.8 Å². The molecule has 0 aliphatic rings. The highest BCUT2D eigenvalue weighted by Crippen LogP contribution is 2.14. The summed E-state index contributed by atoms with van der Waals surface area (Å²) in [4.78, 5) is 0. The second-order valence-electron chi connectivity index (χ2n) is 5.03. The Morgan fingerprint density at radius 1 is 1.16 bits per heavy atom. The van der Waals surface area contributed by atoms with E-state index in [-0.39, 0.29) is 0 Å². The van der Waals surface area contributed by atoms with E-state index in [1.165, 1.54) is 29.6 Å². The second kappa shape index (κ2) is 12.0. The quantitative estimate of drug-likeness (QED) is 0.324. The van der Waals surface area contributed by atoms with Crippen molar-refractivity contribution in [2.24, 2.45) is 0 Å². The first-order chi connectivity index (χ1) is 9.15. The summed E-state index contributed by atoms with van der Waals surface area (Å²) in [6, 6.07) is 0. The van der Waals surface area contributed by atoms with Crippen LogP contribution in [0.5, 0.6) is 0 Å². The zero-order chi connectivity index (χ0) is 14.5. The lowest BCUT2D eigenvalue weighted by Crippen LogP contribution is -2.16. The third-order valence-electron chi connectivity index (χ3n) is 3.09. The Kier molecular flexibility index (Phi) is 11.3. The molecule has 0 aromatic heterocycles. The summed E-state index contributed by atoms with van der Waals surface area (Å²) >= 11 is 0. The van der Waals surface area contributed by atoms with Crippen LogP contribution in [-0.4, -0.2) is 13.1 Å². The van der Waals surface area contributed by atoms with E-state index in [2.05, 4.69) is 57.8 Å². The van der Waals surface area contributed by atoms with Gasteiger partial charge in [0.2, 0.25) is 0 Å². The van der Waals surface area contributed by atoms with Crippen LogP contribution >= 0.6 is 0 Å². The fourth-order valence-electron chi connectivity index (χ4n) is 1.70. The molecular formula is C18H31N. The Morgan fingerprint density at radius 2 is 1.89 bits per heavy atom. The smallest absolute Gasteiger partial charge is 0.0161 e. The van der Waals surface area contributed by atoms with Crippen molar-refractivity contribution in [2.75, 3.05) is 13.1 Å². The average molecular weight is 261 g/mol. The molecule has 0 aliphatic heterocycles. The molecule has 1 heteroatoms.